The van der Waals surface area contributed by atoms with Crippen LogP contribution in [0.2, 0.25) is 0 Å². The van der Waals surface area contributed by atoms with E-state index in [1.54, 1.807) is 0 Å². The third-order valence-electron chi connectivity index (χ3n) is 4.25. The summed E-state index contributed by atoms with van der Waals surface area (Å²) in [7, 11) is 0. The molecule has 4 nitrogen and oxygen atoms in total. The van der Waals surface area contributed by atoms with Crippen molar-refractivity contribution < 1.29 is 9.59 Å². The van der Waals surface area contributed by atoms with Crippen molar-refractivity contribution in [2.24, 2.45) is 11.8 Å². The maximum atomic E-state index is 12.5. The van der Waals surface area contributed by atoms with Crippen molar-refractivity contribution in [3.63, 3.8) is 0 Å². The lowest BCUT2D eigenvalue weighted by atomic mass is 9.98. The molecular weight excluding hydrogens is 240 g/mol. The highest BCUT2D eigenvalue weighted by Crippen LogP contribution is 2.28. The molecule has 0 aromatic carbocycles. The molecule has 0 spiro atoms. The van der Waals surface area contributed by atoms with Gasteiger partial charge in [-0.25, -0.2) is 0 Å². The summed E-state index contributed by atoms with van der Waals surface area (Å²) < 4.78 is 0. The lowest BCUT2D eigenvalue weighted by Gasteiger charge is -2.34. The maximum absolute atomic E-state index is 12.5. The summed E-state index contributed by atoms with van der Waals surface area (Å²) in [6, 6.07) is 0. The van der Waals surface area contributed by atoms with E-state index in [0.717, 1.165) is 19.5 Å². The molecule has 0 N–H and O–H groups in total. The minimum absolute atomic E-state index is 0.121. The number of piperidine rings is 1. The number of nitrogens with zero attached hydrogens (tertiary/aromatic N) is 2. The van der Waals surface area contributed by atoms with Gasteiger partial charge >= 0.3 is 0 Å². The van der Waals surface area contributed by atoms with Gasteiger partial charge in [-0.05, 0) is 39.5 Å². The number of hydrogen-bond acceptors (Lipinski definition) is 2. The largest absolute Gasteiger partial charge is 0.342 e. The van der Waals surface area contributed by atoms with Crippen LogP contribution in [0, 0.1) is 11.8 Å². The number of likely N-dealkylation sites (tertiary alicyclic amines) is 2. The lowest BCUT2D eigenvalue weighted by molar-refractivity contribution is -0.137. The van der Waals surface area contributed by atoms with Crippen molar-refractivity contribution in [2.45, 2.75) is 52.5 Å². The van der Waals surface area contributed by atoms with E-state index < -0.39 is 0 Å². The molecule has 2 saturated heterocycles. The van der Waals surface area contributed by atoms with E-state index in [4.69, 9.17) is 0 Å². The van der Waals surface area contributed by atoms with E-state index in [-0.39, 0.29) is 23.3 Å². The fraction of sp³-hybridized carbons (Fsp3) is 0.867. The highest BCUT2D eigenvalue weighted by atomic mass is 16.2. The van der Waals surface area contributed by atoms with Crippen LogP contribution >= 0.6 is 0 Å². The van der Waals surface area contributed by atoms with Gasteiger partial charge in [-0.1, -0.05) is 6.92 Å². The summed E-state index contributed by atoms with van der Waals surface area (Å²) in [6.07, 6.45) is 2.69. The van der Waals surface area contributed by atoms with Gasteiger partial charge in [0.05, 0.1) is 5.92 Å². The van der Waals surface area contributed by atoms with E-state index in [9.17, 15) is 9.59 Å². The zero-order valence-corrected chi connectivity index (χ0v) is 12.6. The van der Waals surface area contributed by atoms with Gasteiger partial charge in [0.2, 0.25) is 11.8 Å². The first-order valence-electron chi connectivity index (χ1n) is 7.38. The summed E-state index contributed by atoms with van der Waals surface area (Å²) >= 11 is 0. The highest BCUT2D eigenvalue weighted by Gasteiger charge is 2.41. The number of rotatable bonds is 1. The van der Waals surface area contributed by atoms with Gasteiger partial charge in [0, 0.05) is 31.6 Å². The Kier molecular flexibility index (Phi) is 3.88. The van der Waals surface area contributed by atoms with E-state index in [2.05, 4.69) is 6.92 Å². The molecule has 2 atom stereocenters. The van der Waals surface area contributed by atoms with E-state index in [1.165, 1.54) is 6.42 Å². The third-order valence-corrected chi connectivity index (χ3v) is 4.25. The molecule has 0 unspecified atom stereocenters. The van der Waals surface area contributed by atoms with Crippen LogP contribution in [0.1, 0.15) is 47.0 Å². The van der Waals surface area contributed by atoms with Gasteiger partial charge in [0.25, 0.3) is 0 Å². The van der Waals surface area contributed by atoms with E-state index in [1.807, 2.05) is 30.6 Å². The predicted octanol–water partition coefficient (Wildman–Crippen LogP) is 1.89. The van der Waals surface area contributed by atoms with E-state index in [0.29, 0.717) is 18.9 Å². The van der Waals surface area contributed by atoms with Crippen molar-refractivity contribution in [3.8, 4) is 0 Å². The molecule has 2 rings (SSSR count). The van der Waals surface area contributed by atoms with Gasteiger partial charge in [0.15, 0.2) is 0 Å². The first-order chi connectivity index (χ1) is 8.79. The van der Waals surface area contributed by atoms with Gasteiger partial charge in [-0.15, -0.1) is 0 Å². The first-order valence-corrected chi connectivity index (χ1v) is 7.38. The average molecular weight is 266 g/mol. The summed E-state index contributed by atoms with van der Waals surface area (Å²) in [5, 5.41) is 0. The second kappa shape index (κ2) is 5.14. The SMILES string of the molecule is C[C@@H]1CCCN(C(=O)[C@H]2CC(=O)N(C(C)(C)C)C2)C1. The molecule has 19 heavy (non-hydrogen) atoms. The second-order valence-electron chi connectivity index (χ2n) is 7.11. The van der Waals surface area contributed by atoms with Crippen LogP contribution in [0.15, 0.2) is 0 Å². The maximum Gasteiger partial charge on any atom is 0.228 e. The second-order valence-corrected chi connectivity index (χ2v) is 7.11. The summed E-state index contributed by atoms with van der Waals surface area (Å²) in [4.78, 5) is 28.4. The van der Waals surface area contributed by atoms with Crippen molar-refractivity contribution in [2.75, 3.05) is 19.6 Å². The summed E-state index contributed by atoms with van der Waals surface area (Å²) in [5.41, 5.74) is -0.179. The Morgan fingerprint density at radius 2 is 1.95 bits per heavy atom. The topological polar surface area (TPSA) is 40.6 Å². The van der Waals surface area contributed by atoms with Crippen molar-refractivity contribution in [1.29, 1.82) is 0 Å². The average Bonchev–Trinajstić information content (AvgIpc) is 2.70. The van der Waals surface area contributed by atoms with Crippen LogP contribution in [-0.2, 0) is 9.59 Å². The minimum atomic E-state index is -0.179. The fourth-order valence-electron chi connectivity index (χ4n) is 3.17. The quantitative estimate of drug-likeness (QED) is 0.727. The first kappa shape index (κ1) is 14.4. The molecular formula is C15H26N2O2. The minimum Gasteiger partial charge on any atom is -0.342 e. The van der Waals surface area contributed by atoms with Crippen molar-refractivity contribution >= 4 is 11.8 Å². The predicted molar refractivity (Wildman–Crippen MR) is 74.6 cm³/mol. The zero-order chi connectivity index (χ0) is 14.2. The number of carbonyl (C=O) groups excluding carboxylic acids is 2. The number of hydrogen-bond donors (Lipinski definition) is 0. The molecule has 0 radical (unpaired) electrons. The molecule has 0 bridgehead atoms. The number of amides is 2. The highest BCUT2D eigenvalue weighted by molar-refractivity contribution is 5.89. The Bertz CT molecular complexity index is 373. The van der Waals surface area contributed by atoms with Crippen LogP contribution in [0.25, 0.3) is 0 Å². The molecule has 0 aliphatic carbocycles. The molecule has 2 aliphatic rings. The molecule has 108 valence electrons. The standard InChI is InChI=1S/C15H26N2O2/c1-11-6-5-7-16(9-11)14(19)12-8-13(18)17(10-12)15(2,3)4/h11-12H,5-10H2,1-4H3/t11-,12+/m1/s1. The van der Waals surface area contributed by atoms with Crippen LogP contribution in [0.3, 0.4) is 0 Å². The van der Waals surface area contributed by atoms with Crippen molar-refractivity contribution in [3.05, 3.63) is 0 Å². The number of carbonyl (C=O) groups is 2. The van der Waals surface area contributed by atoms with Crippen LogP contribution in [-0.4, -0.2) is 46.8 Å². The van der Waals surface area contributed by atoms with Gasteiger partial charge < -0.3 is 9.80 Å². The van der Waals surface area contributed by atoms with Gasteiger partial charge in [-0.2, -0.15) is 0 Å². The van der Waals surface area contributed by atoms with Crippen LogP contribution in [0.4, 0.5) is 0 Å². The Hall–Kier alpha value is -1.06. The zero-order valence-electron chi connectivity index (χ0n) is 12.6. The summed E-state index contributed by atoms with van der Waals surface area (Å²) in [6.45, 7) is 10.6. The van der Waals surface area contributed by atoms with Crippen molar-refractivity contribution in [1.82, 2.24) is 9.80 Å². The monoisotopic (exact) mass is 266 g/mol. The Balaban J connectivity index is 2.00. The Labute approximate surface area is 116 Å². The lowest BCUT2D eigenvalue weighted by Crippen LogP contribution is -2.45. The molecule has 4 heteroatoms. The third kappa shape index (κ3) is 3.10. The molecule has 0 saturated carbocycles. The molecule has 0 aromatic rings. The van der Waals surface area contributed by atoms with E-state index >= 15 is 0 Å². The molecule has 2 heterocycles. The smallest absolute Gasteiger partial charge is 0.228 e. The molecule has 2 aliphatic heterocycles. The molecule has 2 amide bonds. The molecule has 2 fully saturated rings. The van der Waals surface area contributed by atoms with Gasteiger partial charge in [0.1, 0.15) is 0 Å². The molecule has 0 aromatic heterocycles. The van der Waals surface area contributed by atoms with Crippen LogP contribution < -0.4 is 0 Å². The normalized spacial score (nSPS) is 28.9. The van der Waals surface area contributed by atoms with Crippen LogP contribution in [0.5, 0.6) is 0 Å². The fourth-order valence-corrected chi connectivity index (χ4v) is 3.17. The van der Waals surface area contributed by atoms with Gasteiger partial charge in [-0.3, -0.25) is 9.59 Å². The summed E-state index contributed by atoms with van der Waals surface area (Å²) in [5.74, 6) is 0.771. The Morgan fingerprint density at radius 1 is 1.26 bits per heavy atom. The Morgan fingerprint density at radius 3 is 2.47 bits per heavy atom.